The first kappa shape index (κ1) is 86.8. The van der Waals surface area contributed by atoms with Gasteiger partial charge in [0.2, 0.25) is 0 Å². The topological polar surface area (TPSA) is 299 Å². The van der Waals surface area contributed by atoms with Gasteiger partial charge in [0.05, 0.1) is 165 Å². The Morgan fingerprint density at radius 1 is 0.354 bits per heavy atom. The zero-order chi connectivity index (χ0) is 83.1. The highest BCUT2D eigenvalue weighted by Crippen LogP contribution is 2.30. The molecule has 4 aromatic carbocycles. The molecule has 29 nitrogen and oxygen atoms in total. The van der Waals surface area contributed by atoms with E-state index in [1.165, 1.54) is 29.8 Å². The molecule has 113 heavy (non-hydrogen) atoms. The minimum atomic E-state index is -0.664. The van der Waals surface area contributed by atoms with Gasteiger partial charge in [0.15, 0.2) is 46.1 Å². The molecule has 0 atom stereocenters. The number of hydrogen-bond donors (Lipinski definition) is 1. The van der Waals surface area contributed by atoms with Crippen molar-refractivity contribution in [3.8, 4) is 46.1 Å². The largest absolute Gasteiger partial charge is 0.374 e. The summed E-state index contributed by atoms with van der Waals surface area (Å²) in [5.74, 6) is 1.43. The monoisotopic (exact) mass is 1550 g/mol. The molecule has 0 saturated carbocycles. The van der Waals surface area contributed by atoms with Gasteiger partial charge in [-0.15, -0.1) is 0 Å². The highest BCUT2D eigenvalue weighted by molar-refractivity contribution is 5.84. The van der Waals surface area contributed by atoms with Crippen LogP contribution in [0.15, 0.2) is 86.9 Å². The van der Waals surface area contributed by atoms with Crippen LogP contribution in [0.4, 0.5) is 0 Å². The molecule has 4 aromatic rings. The predicted octanol–water partition coefficient (Wildman–Crippen LogP) is 8.27. The molecule has 0 radical (unpaired) electrons. The van der Waals surface area contributed by atoms with Crippen LogP contribution in [0.25, 0.3) is 90.2 Å². The van der Waals surface area contributed by atoms with Crippen LogP contribution in [0, 0.1) is 48.5 Å². The number of likely N-dealkylation sites (N-methyl/N-ethyl adjacent to an activating group) is 3. The molecule has 606 valence electrons. The van der Waals surface area contributed by atoms with Crippen molar-refractivity contribution < 1.29 is 22.7 Å². The van der Waals surface area contributed by atoms with Crippen molar-refractivity contribution in [3.05, 3.63) is 176 Å². The minimum Gasteiger partial charge on any atom is -0.374 e. The summed E-state index contributed by atoms with van der Waals surface area (Å²) in [5.41, 5.74) is 12.8. The lowest BCUT2D eigenvalue weighted by atomic mass is 10.0. The number of nitrogens with one attached hydrogen (secondary N) is 1. The maximum atomic E-state index is 13.1. The highest BCUT2D eigenvalue weighted by atomic mass is 16.5. The molecule has 0 bridgehead atoms. The molecule has 0 aromatic heterocycles. The van der Waals surface area contributed by atoms with Gasteiger partial charge in [-0.1, -0.05) is 26.7 Å². The van der Waals surface area contributed by atoms with Crippen LogP contribution in [0.3, 0.4) is 0 Å². The summed E-state index contributed by atoms with van der Waals surface area (Å²) in [5, 5.41) is 0. The van der Waals surface area contributed by atoms with Crippen LogP contribution in [-0.2, 0) is 58.1 Å². The maximum Gasteiger partial charge on any atom is 0.352 e. The molecule has 0 amide bonds. The van der Waals surface area contributed by atoms with Gasteiger partial charge in [0, 0.05) is 39.3 Å². The summed E-state index contributed by atoms with van der Waals surface area (Å²) in [4.78, 5) is 137. The summed E-state index contributed by atoms with van der Waals surface area (Å²) >= 11 is 0. The number of rotatable bonds is 26. The second-order valence-corrected chi connectivity index (χ2v) is 32.3. The first-order chi connectivity index (χ1) is 53.3. The second-order valence-electron chi connectivity index (χ2n) is 32.3. The fraction of sp³-hybridized carbons (Fsp3) is 0.524. The Hall–Kier alpha value is -10.2. The van der Waals surface area contributed by atoms with Crippen LogP contribution < -0.4 is 45.0 Å². The number of quaternary nitrogens is 4. The molecule has 8 heterocycles. The molecule has 0 fully saturated rings. The predicted molar refractivity (Wildman–Crippen MR) is 449 cm³/mol. The number of H-pyrrole nitrogens is 1. The molecular weight excluding hydrogens is 1430 g/mol. The summed E-state index contributed by atoms with van der Waals surface area (Å²) in [6, 6.07) is 16.4. The first-order valence-electron chi connectivity index (χ1n) is 39.9. The summed E-state index contributed by atoms with van der Waals surface area (Å²) in [7, 11) is 15.3. The average Bonchev–Trinajstić information content (AvgIpc) is 0.813. The average molecular weight is 1550 g/mol. The van der Waals surface area contributed by atoms with E-state index in [0.29, 0.717) is 85.8 Å². The van der Waals surface area contributed by atoms with Crippen LogP contribution in [-0.4, -0.2) is 209 Å². The van der Waals surface area contributed by atoms with Crippen LogP contribution in [0.1, 0.15) is 126 Å². The Morgan fingerprint density at radius 2 is 0.699 bits per heavy atom. The second kappa shape index (κ2) is 35.9. The van der Waals surface area contributed by atoms with Gasteiger partial charge in [0.25, 0.3) is 22.2 Å². The molecule has 0 saturated heterocycles. The van der Waals surface area contributed by atoms with Crippen LogP contribution in [0.2, 0.25) is 0 Å². The van der Waals surface area contributed by atoms with Crippen molar-refractivity contribution in [3.63, 3.8) is 0 Å². The number of nitrogens with zero attached hydrogens (tertiary/aromatic N) is 19. The molecule has 1 N–H and O–H groups in total. The van der Waals surface area contributed by atoms with Gasteiger partial charge in [0.1, 0.15) is 13.1 Å². The van der Waals surface area contributed by atoms with E-state index in [0.717, 1.165) is 179 Å². The molecule has 0 unspecified atom stereocenters. The van der Waals surface area contributed by atoms with Crippen molar-refractivity contribution in [1.82, 2.24) is 76.8 Å². The van der Waals surface area contributed by atoms with Gasteiger partial charge in [-0.05, 0) is 190 Å². The van der Waals surface area contributed by atoms with E-state index >= 15 is 0 Å². The number of aryl methyl sites for hydroxylation is 9. The van der Waals surface area contributed by atoms with E-state index in [1.54, 1.807) is 0 Å². The standard InChI is InChI=1S/C23H34N5O2.C22H31N5O3.C21H30N5O2.C18H24N5O2/c1-7-11-12-27-19-14-17(15-28(8-2,9-3)10-4)16(5)13-18(19)24-20-21(27)25-23(30)26(6)22(20)29;1-6-27(7-2,8-3)10-12-30-11-9-26-18-14-16(5)15(4)13-17(18)23-19-20(26)24-22(29)25-21(19)28;1-7-8-9-24-17-13-15(3)14(2)12-16(17)22-18-19(24)23-21(28)25(20(18)27)10-11-26(4,5)6;1-11-9-13-14(10-12(11)2)22(7-8-23(4,5)6)16-15(19-13)17(24)21(3)18(25)20-16/h13-14H,7-12,15H2,1-6H3;13-14H,6-12H2,1-5H3;12-13H,7-11H2,1-6H3;9-10H,7-8H2,1-6H3/q+1;;2*+1/p+1. The molecule has 0 spiro atoms. The van der Waals surface area contributed by atoms with Crippen molar-refractivity contribution in [2.24, 2.45) is 14.1 Å². The number of ether oxygens (including phenoxy) is 1. The highest BCUT2D eigenvalue weighted by Gasteiger charge is 2.29. The van der Waals surface area contributed by atoms with E-state index in [1.807, 2.05) is 98.3 Å². The van der Waals surface area contributed by atoms with E-state index < -0.39 is 39.4 Å². The van der Waals surface area contributed by atoms with E-state index in [9.17, 15) is 38.4 Å². The normalized spacial score (nSPS) is 12.2. The first-order valence-corrected chi connectivity index (χ1v) is 39.9. The van der Waals surface area contributed by atoms with Crippen molar-refractivity contribution >= 4 is 44.1 Å². The van der Waals surface area contributed by atoms with Crippen molar-refractivity contribution in [2.75, 3.05) is 114 Å². The number of fused-ring (bicyclic) bond motifs is 8. The minimum absolute atomic E-state index is 0.170. The molecule has 8 aliphatic heterocycles. The summed E-state index contributed by atoms with van der Waals surface area (Å²) in [6.45, 7) is 45.8. The fourth-order valence-corrected chi connectivity index (χ4v) is 14.2. The van der Waals surface area contributed by atoms with Gasteiger partial charge >= 0.3 is 22.8 Å². The van der Waals surface area contributed by atoms with Crippen molar-refractivity contribution in [1.29, 1.82) is 0 Å². The Balaban J connectivity index is 0.000000173. The number of aromatic amines is 1. The lowest BCUT2D eigenvalue weighted by molar-refractivity contribution is -0.936. The molecule has 29 heteroatoms. The van der Waals surface area contributed by atoms with Gasteiger partial charge in [-0.25, -0.2) is 39.1 Å². The van der Waals surface area contributed by atoms with E-state index in [-0.39, 0.29) is 28.3 Å². The quantitative estimate of drug-likeness (QED) is 0.0303. The Bertz CT molecular complexity index is 5820. The molecule has 12 rings (SSSR count). The number of unbranched alkanes of at least 4 members (excludes halogenated alkanes) is 2. The zero-order valence-electron chi connectivity index (χ0n) is 71.1. The number of aromatic nitrogens is 16. The van der Waals surface area contributed by atoms with E-state index in [4.69, 9.17) is 4.74 Å². The van der Waals surface area contributed by atoms with Crippen molar-refractivity contribution in [2.45, 2.75) is 169 Å². The Morgan fingerprint density at radius 3 is 1.11 bits per heavy atom. The lowest BCUT2D eigenvalue weighted by Gasteiger charge is -2.36. The third kappa shape index (κ3) is 19.2. The number of benzene rings is 4. The van der Waals surface area contributed by atoms with Crippen LogP contribution in [0.5, 0.6) is 0 Å². The summed E-state index contributed by atoms with van der Waals surface area (Å²) in [6.07, 6.45) is 3.89. The van der Waals surface area contributed by atoms with Gasteiger partial charge in [-0.2, -0.15) is 19.9 Å². The third-order valence-electron chi connectivity index (χ3n) is 22.8. The zero-order valence-corrected chi connectivity index (χ0v) is 71.1. The fourth-order valence-electron chi connectivity index (χ4n) is 14.2. The Labute approximate surface area is 660 Å². The molecular formula is C84H120N20O9+4. The maximum absolute atomic E-state index is 13.1. The smallest absolute Gasteiger partial charge is 0.352 e. The number of hydrogen-bond acceptors (Lipinski definition) is 17. The molecule has 0 aliphatic carbocycles. The van der Waals surface area contributed by atoms with Gasteiger partial charge < -0.3 is 40.9 Å². The summed E-state index contributed by atoms with van der Waals surface area (Å²) < 4.78 is 20.5. The lowest BCUT2D eigenvalue weighted by Crippen LogP contribution is -2.49. The third-order valence-corrected chi connectivity index (χ3v) is 22.8. The molecule has 8 aliphatic rings. The SMILES string of the molecule is CCCCn1c2nc(=O)n(C)c(=O)c-2nc2cc(C)c(C[N+](CC)(CC)CC)cc21.CCCCn1c2nc(=O)n(CC[N+](C)(C)C)c(=O)c-2nc2cc(C)c(C)cc21.CC[N+](CC)(CC)CCOCCn1c2nc(=O)[nH]c(=O)c-2nc2cc(C)c(C)cc21.Cc1cc2nc3c(=O)n(C)c(=O)nc-3n(CC[N+](C)(C)C)c2cc1C. The van der Waals surface area contributed by atoms with Gasteiger partial charge in [-0.3, -0.25) is 37.9 Å². The van der Waals surface area contributed by atoms with Crippen LogP contribution >= 0.6 is 0 Å². The Kier molecular flexibility index (Phi) is 27.6. The van der Waals surface area contributed by atoms with E-state index in [2.05, 4.69) is 160 Å².